The van der Waals surface area contributed by atoms with Gasteiger partial charge in [-0.25, -0.2) is 0 Å². The summed E-state index contributed by atoms with van der Waals surface area (Å²) in [5.41, 5.74) is -2.80. The lowest BCUT2D eigenvalue weighted by atomic mass is 9.86. The largest absolute Gasteiger partial charge is 0.481 e. The second kappa shape index (κ2) is 5.16. The molecule has 7 heteroatoms. The van der Waals surface area contributed by atoms with Crippen LogP contribution in [0.5, 0.6) is 0 Å². The molecule has 1 N–H and O–H groups in total. The van der Waals surface area contributed by atoms with E-state index in [-0.39, 0.29) is 13.0 Å². The quantitative estimate of drug-likeness (QED) is 0.848. The van der Waals surface area contributed by atoms with E-state index in [9.17, 15) is 22.8 Å². The molecule has 0 radical (unpaired) electrons. The van der Waals surface area contributed by atoms with Gasteiger partial charge in [0.25, 0.3) is 0 Å². The third-order valence-corrected chi connectivity index (χ3v) is 3.32. The molecule has 0 aromatic rings. The Labute approximate surface area is 103 Å². The highest BCUT2D eigenvalue weighted by Gasteiger charge is 2.64. The minimum Gasteiger partial charge on any atom is -0.481 e. The Morgan fingerprint density at radius 3 is 2.39 bits per heavy atom. The first-order chi connectivity index (χ1) is 8.24. The minimum atomic E-state index is -4.83. The summed E-state index contributed by atoms with van der Waals surface area (Å²) in [6, 6.07) is 0. The fourth-order valence-electron chi connectivity index (χ4n) is 2.04. The molecular formula is C11H16F3NO3. The maximum absolute atomic E-state index is 12.8. The van der Waals surface area contributed by atoms with Crippen molar-refractivity contribution in [2.24, 2.45) is 5.41 Å². The summed E-state index contributed by atoms with van der Waals surface area (Å²) in [4.78, 5) is 23.5. The number of carbonyl (C=O) groups excluding carboxylic acids is 1. The fraction of sp³-hybridized carbons (Fsp3) is 0.818. The number of hydrogen-bond donors (Lipinski definition) is 1. The third-order valence-electron chi connectivity index (χ3n) is 3.32. The average Bonchev–Trinajstić information content (AvgIpc) is 2.71. The van der Waals surface area contributed by atoms with Crippen LogP contribution in [-0.4, -0.2) is 41.1 Å². The Bertz CT molecular complexity index is 343. The van der Waals surface area contributed by atoms with Crippen LogP contribution in [0.15, 0.2) is 0 Å². The van der Waals surface area contributed by atoms with Crippen molar-refractivity contribution < 1.29 is 27.9 Å². The Balaban J connectivity index is 2.79. The maximum atomic E-state index is 12.8. The van der Waals surface area contributed by atoms with E-state index >= 15 is 0 Å². The second-order valence-electron chi connectivity index (χ2n) is 4.55. The molecule has 0 aromatic heterocycles. The lowest BCUT2D eigenvalue weighted by molar-refractivity contribution is -0.227. The van der Waals surface area contributed by atoms with Crippen molar-refractivity contribution in [2.75, 3.05) is 13.1 Å². The van der Waals surface area contributed by atoms with Gasteiger partial charge in [-0.05, 0) is 12.8 Å². The number of nitrogens with zero attached hydrogens (tertiary/aromatic N) is 1. The number of aliphatic carboxylic acids is 1. The van der Waals surface area contributed by atoms with E-state index in [1.54, 1.807) is 0 Å². The summed E-state index contributed by atoms with van der Waals surface area (Å²) in [5, 5.41) is 8.82. The molecule has 1 rings (SSSR count). The number of likely N-dealkylation sites (tertiary alicyclic amines) is 1. The number of carboxylic acid groups (broad SMARTS) is 1. The molecule has 1 atom stereocenters. The maximum Gasteiger partial charge on any atom is 0.406 e. The molecule has 1 amide bonds. The predicted molar refractivity (Wildman–Crippen MR) is 56.8 cm³/mol. The molecule has 0 saturated carbocycles. The summed E-state index contributed by atoms with van der Waals surface area (Å²) in [7, 11) is 0. The molecule has 1 aliphatic rings. The molecule has 1 fully saturated rings. The van der Waals surface area contributed by atoms with Gasteiger partial charge in [-0.3, -0.25) is 9.59 Å². The fourth-order valence-corrected chi connectivity index (χ4v) is 2.04. The molecule has 0 aromatic carbocycles. The van der Waals surface area contributed by atoms with Crippen LogP contribution in [0.1, 0.15) is 32.6 Å². The molecule has 4 nitrogen and oxygen atoms in total. The number of halogens is 3. The first kappa shape index (κ1) is 14.8. The number of hydrogen-bond acceptors (Lipinski definition) is 2. The summed E-state index contributed by atoms with van der Waals surface area (Å²) in [5.74, 6) is -2.30. The van der Waals surface area contributed by atoms with Crippen LogP contribution in [0.25, 0.3) is 0 Å². The van der Waals surface area contributed by atoms with Crippen molar-refractivity contribution in [1.29, 1.82) is 0 Å². The van der Waals surface area contributed by atoms with Crippen molar-refractivity contribution in [3.8, 4) is 0 Å². The standard InChI is InChI=1S/C11H16F3NO3/c1-2-3-4-8(16)15-6-5-10(7-15,9(17)18)11(12,13)14/h2-7H2,1H3,(H,17,18). The molecule has 1 saturated heterocycles. The van der Waals surface area contributed by atoms with Gasteiger partial charge >= 0.3 is 12.1 Å². The monoisotopic (exact) mass is 267 g/mol. The summed E-state index contributed by atoms with van der Waals surface area (Å²) in [6.45, 7) is 0.956. The van der Waals surface area contributed by atoms with Crippen LogP contribution in [0.2, 0.25) is 0 Å². The first-order valence-electron chi connectivity index (χ1n) is 5.82. The van der Waals surface area contributed by atoms with Gasteiger partial charge in [0.05, 0.1) is 0 Å². The van der Waals surface area contributed by atoms with Gasteiger partial charge in [0.2, 0.25) is 5.91 Å². The SMILES string of the molecule is CCCCC(=O)N1CCC(C(=O)O)(C(F)(F)F)C1. The number of amides is 1. The van der Waals surface area contributed by atoms with Crippen molar-refractivity contribution in [3.05, 3.63) is 0 Å². The Morgan fingerprint density at radius 2 is 2.00 bits per heavy atom. The molecule has 0 spiro atoms. The first-order valence-corrected chi connectivity index (χ1v) is 5.82. The zero-order valence-corrected chi connectivity index (χ0v) is 10.1. The molecule has 0 bridgehead atoms. The molecule has 1 aliphatic heterocycles. The van der Waals surface area contributed by atoms with Crippen molar-refractivity contribution in [1.82, 2.24) is 4.90 Å². The Kier molecular flexibility index (Phi) is 4.24. The number of alkyl halides is 3. The van der Waals surface area contributed by atoms with Crippen LogP contribution in [0.4, 0.5) is 13.2 Å². The van der Waals surface area contributed by atoms with Crippen molar-refractivity contribution >= 4 is 11.9 Å². The smallest absolute Gasteiger partial charge is 0.406 e. The average molecular weight is 267 g/mol. The van der Waals surface area contributed by atoms with Crippen LogP contribution in [-0.2, 0) is 9.59 Å². The van der Waals surface area contributed by atoms with Crippen LogP contribution in [0, 0.1) is 5.41 Å². The lowest BCUT2D eigenvalue weighted by Gasteiger charge is -2.27. The molecule has 104 valence electrons. The van der Waals surface area contributed by atoms with Crippen LogP contribution >= 0.6 is 0 Å². The molecular weight excluding hydrogens is 251 g/mol. The molecule has 1 heterocycles. The zero-order valence-electron chi connectivity index (χ0n) is 10.1. The van der Waals surface area contributed by atoms with Gasteiger partial charge in [-0.15, -0.1) is 0 Å². The highest BCUT2D eigenvalue weighted by atomic mass is 19.4. The van der Waals surface area contributed by atoms with E-state index in [2.05, 4.69) is 0 Å². The van der Waals surface area contributed by atoms with E-state index in [0.717, 1.165) is 11.3 Å². The second-order valence-corrected chi connectivity index (χ2v) is 4.55. The number of carboxylic acids is 1. The summed E-state index contributed by atoms with van der Waals surface area (Å²) < 4.78 is 38.5. The van der Waals surface area contributed by atoms with Gasteiger partial charge in [0.1, 0.15) is 0 Å². The molecule has 0 aliphatic carbocycles. The summed E-state index contributed by atoms with van der Waals surface area (Å²) in [6.07, 6.45) is -3.86. The topological polar surface area (TPSA) is 57.6 Å². The van der Waals surface area contributed by atoms with E-state index in [1.165, 1.54) is 0 Å². The normalized spacial score (nSPS) is 24.3. The Morgan fingerprint density at radius 1 is 1.39 bits per heavy atom. The van der Waals surface area contributed by atoms with E-state index in [4.69, 9.17) is 5.11 Å². The summed E-state index contributed by atoms with van der Waals surface area (Å²) >= 11 is 0. The number of carbonyl (C=O) groups is 2. The predicted octanol–water partition coefficient (Wildman–Crippen LogP) is 2.04. The van der Waals surface area contributed by atoms with Gasteiger partial charge in [0, 0.05) is 19.5 Å². The van der Waals surface area contributed by atoms with E-state index in [0.29, 0.717) is 6.42 Å². The zero-order chi connectivity index (χ0) is 14.0. The van der Waals surface area contributed by atoms with Gasteiger partial charge < -0.3 is 10.0 Å². The van der Waals surface area contributed by atoms with Crippen LogP contribution in [0.3, 0.4) is 0 Å². The number of unbranched alkanes of at least 4 members (excludes halogenated alkanes) is 1. The highest BCUT2D eigenvalue weighted by molar-refractivity contribution is 5.81. The van der Waals surface area contributed by atoms with Gasteiger partial charge in [0.15, 0.2) is 5.41 Å². The van der Waals surface area contributed by atoms with Crippen molar-refractivity contribution in [2.45, 2.75) is 38.8 Å². The number of rotatable bonds is 4. The minimum absolute atomic E-state index is 0.144. The van der Waals surface area contributed by atoms with Gasteiger partial charge in [-0.2, -0.15) is 13.2 Å². The van der Waals surface area contributed by atoms with Gasteiger partial charge in [-0.1, -0.05) is 13.3 Å². The third kappa shape index (κ3) is 2.59. The highest BCUT2D eigenvalue weighted by Crippen LogP contribution is 2.45. The van der Waals surface area contributed by atoms with E-state index in [1.807, 2.05) is 6.92 Å². The van der Waals surface area contributed by atoms with E-state index < -0.39 is 36.4 Å². The molecule has 18 heavy (non-hydrogen) atoms. The van der Waals surface area contributed by atoms with Crippen LogP contribution < -0.4 is 0 Å². The Hall–Kier alpha value is -1.27. The van der Waals surface area contributed by atoms with Crippen molar-refractivity contribution in [3.63, 3.8) is 0 Å². The molecule has 1 unspecified atom stereocenters. The lowest BCUT2D eigenvalue weighted by Crippen LogP contribution is -2.47.